The van der Waals surface area contributed by atoms with E-state index in [0.29, 0.717) is 0 Å². The number of carbonyl (C=O) groups excluding carboxylic acids is 1. The topological polar surface area (TPSA) is 26.3 Å². The molecule has 0 N–H and O–H groups in total. The van der Waals surface area contributed by atoms with Crippen molar-refractivity contribution in [3.8, 4) is 0 Å². The molecule has 0 aromatic heterocycles. The van der Waals surface area contributed by atoms with Crippen LogP contribution in [0.5, 0.6) is 0 Å². The summed E-state index contributed by atoms with van der Waals surface area (Å²) < 4.78 is 6.00. The van der Waals surface area contributed by atoms with Gasteiger partial charge in [-0.05, 0) is 0 Å². The van der Waals surface area contributed by atoms with Crippen LogP contribution in [0.2, 0.25) is 14.8 Å². The maximum atomic E-state index is 11.5. The van der Waals surface area contributed by atoms with Crippen LogP contribution in [-0.4, -0.2) is 31.5 Å². The molecule has 0 bridgehead atoms. The predicted octanol–water partition coefficient (Wildman–Crippen LogP) is 2.02. The Morgan fingerprint density at radius 3 is 2.29 bits per heavy atom. The zero-order chi connectivity index (χ0) is 10.8. The molecule has 14 heavy (non-hydrogen) atoms. The first-order chi connectivity index (χ1) is 6.46. The summed E-state index contributed by atoms with van der Waals surface area (Å²) in [5.74, 6) is -0.216. The molecule has 0 saturated heterocycles. The van der Waals surface area contributed by atoms with Crippen LogP contribution < -0.4 is 3.58 Å². The fourth-order valence-electron chi connectivity index (χ4n) is 1.43. The Morgan fingerprint density at radius 1 is 1.21 bits per heavy atom. The Labute approximate surface area is 89.1 Å². The molecule has 0 aliphatic rings. The number of hydrogen-bond acceptors (Lipinski definition) is 2. The van der Waals surface area contributed by atoms with Crippen LogP contribution in [0.15, 0.2) is 24.3 Å². The van der Waals surface area contributed by atoms with E-state index >= 15 is 0 Å². The number of hydrogen-bond donors (Lipinski definition) is 0. The molecule has 0 aliphatic heterocycles. The van der Waals surface area contributed by atoms with Crippen LogP contribution in [0, 0.1) is 0 Å². The molecule has 0 fully saturated rings. The number of benzene rings is 1. The van der Waals surface area contributed by atoms with Crippen molar-refractivity contribution in [3.63, 3.8) is 0 Å². The number of ether oxygens (including phenoxy) is 1. The van der Waals surface area contributed by atoms with Crippen LogP contribution in [0.3, 0.4) is 0 Å². The SMILES string of the molecule is COC(=O)c1cccc[c]1[Sn]([CH3])([CH3])[CH3]. The van der Waals surface area contributed by atoms with Gasteiger partial charge in [-0.3, -0.25) is 0 Å². The van der Waals surface area contributed by atoms with Crippen LogP contribution >= 0.6 is 0 Å². The van der Waals surface area contributed by atoms with Gasteiger partial charge in [-0.1, -0.05) is 0 Å². The van der Waals surface area contributed by atoms with E-state index in [0.717, 1.165) is 5.56 Å². The molecule has 0 atom stereocenters. The summed E-state index contributed by atoms with van der Waals surface area (Å²) in [6, 6.07) is 7.78. The first-order valence-corrected chi connectivity index (χ1v) is 14.6. The second-order valence-electron chi connectivity index (χ2n) is 4.29. The summed E-state index contributed by atoms with van der Waals surface area (Å²) in [5, 5.41) is 0. The Morgan fingerprint density at radius 2 is 1.79 bits per heavy atom. The van der Waals surface area contributed by atoms with Crippen molar-refractivity contribution >= 4 is 27.9 Å². The van der Waals surface area contributed by atoms with Gasteiger partial charge in [0.25, 0.3) is 0 Å². The molecule has 1 aromatic rings. The van der Waals surface area contributed by atoms with Gasteiger partial charge in [-0.15, -0.1) is 0 Å². The second-order valence-corrected chi connectivity index (χ2v) is 18.7. The van der Waals surface area contributed by atoms with E-state index in [1.54, 1.807) is 0 Å². The predicted molar refractivity (Wildman–Crippen MR) is 60.8 cm³/mol. The molecule has 76 valence electrons. The van der Waals surface area contributed by atoms with Crippen LogP contribution in [0.1, 0.15) is 10.4 Å². The van der Waals surface area contributed by atoms with Crippen molar-refractivity contribution < 1.29 is 9.53 Å². The fraction of sp³-hybridized carbons (Fsp3) is 0.364. The van der Waals surface area contributed by atoms with E-state index in [-0.39, 0.29) is 5.97 Å². The normalized spacial score (nSPS) is 11.1. The van der Waals surface area contributed by atoms with Crippen LogP contribution in [0.25, 0.3) is 0 Å². The van der Waals surface area contributed by atoms with Crippen molar-refractivity contribution in [2.24, 2.45) is 0 Å². The van der Waals surface area contributed by atoms with Gasteiger partial charge >= 0.3 is 89.2 Å². The summed E-state index contributed by atoms with van der Waals surface area (Å²) in [6.45, 7) is 0. The third kappa shape index (κ3) is 2.50. The molecule has 0 saturated carbocycles. The standard InChI is InChI=1S/C8H7O2.3CH3.Sn/c1-10-8(9)7-5-3-2-4-6-7;;;;/h2-5H,1H3;3*1H3;. The van der Waals surface area contributed by atoms with Gasteiger partial charge in [0.15, 0.2) is 0 Å². The van der Waals surface area contributed by atoms with E-state index in [4.69, 9.17) is 4.74 Å². The van der Waals surface area contributed by atoms with Gasteiger partial charge in [0.05, 0.1) is 0 Å². The summed E-state index contributed by atoms with van der Waals surface area (Å²) in [5.41, 5.74) is 0.748. The first kappa shape index (κ1) is 11.6. The quantitative estimate of drug-likeness (QED) is 0.617. The van der Waals surface area contributed by atoms with Gasteiger partial charge in [-0.2, -0.15) is 0 Å². The van der Waals surface area contributed by atoms with Gasteiger partial charge in [0.2, 0.25) is 0 Å². The molecule has 1 rings (SSSR count). The van der Waals surface area contributed by atoms with Gasteiger partial charge in [0.1, 0.15) is 0 Å². The molecule has 0 radical (unpaired) electrons. The summed E-state index contributed by atoms with van der Waals surface area (Å²) in [4.78, 5) is 18.4. The second kappa shape index (κ2) is 4.34. The van der Waals surface area contributed by atoms with Gasteiger partial charge in [0, 0.05) is 0 Å². The molecule has 0 aliphatic carbocycles. The van der Waals surface area contributed by atoms with E-state index in [1.165, 1.54) is 10.7 Å². The monoisotopic (exact) mass is 300 g/mol. The average Bonchev–Trinajstić information content (AvgIpc) is 2.15. The van der Waals surface area contributed by atoms with Crippen molar-refractivity contribution in [2.75, 3.05) is 7.11 Å². The summed E-state index contributed by atoms with van der Waals surface area (Å²) in [6.07, 6.45) is 0. The van der Waals surface area contributed by atoms with Crippen molar-refractivity contribution in [3.05, 3.63) is 29.8 Å². The molecule has 2 nitrogen and oxygen atoms in total. The maximum absolute atomic E-state index is 11.5. The van der Waals surface area contributed by atoms with E-state index in [1.807, 2.05) is 18.2 Å². The van der Waals surface area contributed by atoms with E-state index in [2.05, 4.69) is 20.9 Å². The number of rotatable bonds is 2. The zero-order valence-corrected chi connectivity index (χ0v) is 12.0. The number of methoxy groups -OCH3 is 1. The summed E-state index contributed by atoms with van der Waals surface area (Å²) >= 11 is -2.19. The number of carbonyl (C=O) groups is 1. The summed E-state index contributed by atoms with van der Waals surface area (Å²) in [7, 11) is 1.43. The molecule has 1 aromatic carbocycles. The molecular weight excluding hydrogens is 283 g/mol. The minimum absolute atomic E-state index is 0.216. The Kier molecular flexibility index (Phi) is 3.58. The van der Waals surface area contributed by atoms with Crippen molar-refractivity contribution in [1.29, 1.82) is 0 Å². The molecule has 0 spiro atoms. The Bertz CT molecular complexity index is 339. The third-order valence-corrected chi connectivity index (χ3v) is 8.00. The molecule has 0 unspecified atom stereocenters. The molecular formula is C11H16O2Sn. The van der Waals surface area contributed by atoms with E-state index < -0.39 is 18.4 Å². The Hall–Kier alpha value is -0.511. The van der Waals surface area contributed by atoms with Crippen LogP contribution in [0.4, 0.5) is 0 Å². The molecule has 0 amide bonds. The van der Waals surface area contributed by atoms with Crippen LogP contribution in [-0.2, 0) is 4.74 Å². The van der Waals surface area contributed by atoms with Gasteiger partial charge in [-0.25, -0.2) is 0 Å². The van der Waals surface area contributed by atoms with Crippen molar-refractivity contribution in [1.82, 2.24) is 0 Å². The fourth-order valence-corrected chi connectivity index (χ4v) is 5.96. The number of esters is 1. The molecule has 3 heteroatoms. The third-order valence-electron chi connectivity index (χ3n) is 2.14. The zero-order valence-electron chi connectivity index (χ0n) is 9.13. The minimum atomic E-state index is -2.19. The van der Waals surface area contributed by atoms with Crippen molar-refractivity contribution in [2.45, 2.75) is 14.8 Å². The van der Waals surface area contributed by atoms with Gasteiger partial charge < -0.3 is 0 Å². The first-order valence-electron chi connectivity index (χ1n) is 4.64. The Balaban J connectivity index is 3.23. The van der Waals surface area contributed by atoms with E-state index in [9.17, 15) is 4.79 Å². The molecule has 0 heterocycles. The average molecular weight is 299 g/mol.